The molecule has 1 N–H and O–H groups in total. The fourth-order valence-electron chi connectivity index (χ4n) is 3.16. The van der Waals surface area contributed by atoms with Crippen LogP contribution in [-0.2, 0) is 11.3 Å². The number of amides is 1. The highest BCUT2D eigenvalue weighted by Gasteiger charge is 2.23. The minimum Gasteiger partial charge on any atom is -0.372 e. The van der Waals surface area contributed by atoms with Crippen LogP contribution in [0.25, 0.3) is 0 Å². The van der Waals surface area contributed by atoms with E-state index >= 15 is 0 Å². The van der Waals surface area contributed by atoms with E-state index < -0.39 is 0 Å². The van der Waals surface area contributed by atoms with Crippen LogP contribution >= 0.6 is 23.4 Å². The van der Waals surface area contributed by atoms with Gasteiger partial charge in [0, 0.05) is 30.7 Å². The van der Waals surface area contributed by atoms with E-state index in [1.807, 2.05) is 30.5 Å². The molecule has 2 atom stereocenters. The normalized spacial score (nSPS) is 19.8. The van der Waals surface area contributed by atoms with E-state index in [1.54, 1.807) is 24.0 Å². The molecule has 0 spiro atoms. The van der Waals surface area contributed by atoms with E-state index in [1.165, 1.54) is 0 Å². The first-order valence-corrected chi connectivity index (χ1v) is 10.5. The summed E-state index contributed by atoms with van der Waals surface area (Å²) in [5.41, 5.74) is 1.43. The molecule has 27 heavy (non-hydrogen) atoms. The third kappa shape index (κ3) is 5.15. The molecule has 0 saturated carbocycles. The zero-order valence-electron chi connectivity index (χ0n) is 15.7. The summed E-state index contributed by atoms with van der Waals surface area (Å²) in [6.07, 6.45) is 4.15. The van der Waals surface area contributed by atoms with Crippen LogP contribution in [0.2, 0.25) is 5.02 Å². The van der Waals surface area contributed by atoms with Crippen LogP contribution in [0.15, 0.2) is 41.4 Å². The molecule has 2 aromatic rings. The molecule has 0 radical (unpaired) electrons. The number of pyridine rings is 1. The molecule has 144 valence electrons. The number of carbonyl (C=O) groups is 1. The Morgan fingerprint density at radius 2 is 2.04 bits per heavy atom. The molecular weight excluding hydrogens is 382 g/mol. The topological polar surface area (TPSA) is 54.5 Å². The predicted molar refractivity (Wildman–Crippen MR) is 111 cm³/mol. The van der Waals surface area contributed by atoms with Crippen molar-refractivity contribution in [3.05, 3.63) is 52.7 Å². The molecule has 1 amide bonds. The van der Waals surface area contributed by atoms with Crippen LogP contribution in [0.4, 0.5) is 5.82 Å². The number of morpholine rings is 1. The minimum atomic E-state index is -0.184. The number of nitrogens with one attached hydrogen (secondary N) is 1. The Balaban J connectivity index is 1.61. The number of anilines is 1. The van der Waals surface area contributed by atoms with Crippen molar-refractivity contribution in [3.8, 4) is 0 Å². The largest absolute Gasteiger partial charge is 0.372 e. The number of thioether (sulfide) groups is 1. The molecule has 5 nitrogen and oxygen atoms in total. The van der Waals surface area contributed by atoms with Crippen molar-refractivity contribution in [1.29, 1.82) is 0 Å². The maximum absolute atomic E-state index is 12.4. The number of ether oxygens (including phenoxy) is 1. The summed E-state index contributed by atoms with van der Waals surface area (Å²) in [6.45, 7) is 6.21. The number of nitrogens with zero attached hydrogens (tertiary/aromatic N) is 2. The Morgan fingerprint density at radius 1 is 1.30 bits per heavy atom. The fraction of sp³-hybridized carbons (Fsp3) is 0.400. The van der Waals surface area contributed by atoms with E-state index in [0.717, 1.165) is 29.4 Å². The minimum absolute atomic E-state index is 0.184. The van der Waals surface area contributed by atoms with Crippen molar-refractivity contribution >= 4 is 35.1 Å². The van der Waals surface area contributed by atoms with Gasteiger partial charge < -0.3 is 15.0 Å². The molecule has 1 aliphatic heterocycles. The van der Waals surface area contributed by atoms with Crippen LogP contribution in [-0.4, -0.2) is 42.4 Å². The Morgan fingerprint density at radius 3 is 2.67 bits per heavy atom. The molecule has 7 heteroatoms. The van der Waals surface area contributed by atoms with Gasteiger partial charge in [0.2, 0.25) is 0 Å². The standard InChI is InChI=1S/C20H24ClN3O2S/c1-13-11-24(12-14(2)26-13)19-7-4-15(9-22-19)10-23-20(25)17-8-16(27-3)5-6-18(17)21/h4-9,13-14H,10-12H2,1-3H3,(H,23,25). The van der Waals surface area contributed by atoms with E-state index in [0.29, 0.717) is 17.1 Å². The molecular formula is C20H24ClN3O2S. The van der Waals surface area contributed by atoms with Gasteiger partial charge in [-0.1, -0.05) is 17.7 Å². The van der Waals surface area contributed by atoms with Gasteiger partial charge in [0.1, 0.15) is 5.82 Å². The van der Waals surface area contributed by atoms with Gasteiger partial charge in [0.05, 0.1) is 22.8 Å². The molecule has 0 aliphatic carbocycles. The van der Waals surface area contributed by atoms with Gasteiger partial charge in [-0.25, -0.2) is 4.98 Å². The van der Waals surface area contributed by atoms with E-state index in [-0.39, 0.29) is 18.1 Å². The van der Waals surface area contributed by atoms with Crippen LogP contribution in [0, 0.1) is 0 Å². The molecule has 2 unspecified atom stereocenters. The van der Waals surface area contributed by atoms with Crippen molar-refractivity contribution in [1.82, 2.24) is 10.3 Å². The predicted octanol–water partition coefficient (Wildman–Crippen LogP) is 4.00. The lowest BCUT2D eigenvalue weighted by molar-refractivity contribution is -0.00546. The SMILES string of the molecule is CSc1ccc(Cl)c(C(=O)NCc2ccc(N3CC(C)OC(C)C3)nc2)c1. The average Bonchev–Trinajstić information content (AvgIpc) is 2.66. The van der Waals surface area contributed by atoms with Gasteiger partial charge in [-0.3, -0.25) is 4.79 Å². The van der Waals surface area contributed by atoms with Gasteiger partial charge >= 0.3 is 0 Å². The zero-order valence-corrected chi connectivity index (χ0v) is 17.3. The first-order chi connectivity index (χ1) is 13.0. The number of hydrogen-bond donors (Lipinski definition) is 1. The van der Waals surface area contributed by atoms with E-state index in [9.17, 15) is 4.79 Å². The van der Waals surface area contributed by atoms with Crippen LogP contribution in [0.3, 0.4) is 0 Å². The summed E-state index contributed by atoms with van der Waals surface area (Å²) in [4.78, 5) is 20.2. The summed E-state index contributed by atoms with van der Waals surface area (Å²) in [5.74, 6) is 0.749. The summed E-state index contributed by atoms with van der Waals surface area (Å²) < 4.78 is 5.77. The van der Waals surface area contributed by atoms with E-state index in [2.05, 4.69) is 29.0 Å². The second-order valence-corrected chi connectivity index (χ2v) is 8.00. The number of halogens is 1. The molecule has 1 saturated heterocycles. The molecule has 3 rings (SSSR count). The van der Waals surface area contributed by atoms with Crippen molar-refractivity contribution < 1.29 is 9.53 Å². The van der Waals surface area contributed by atoms with Gasteiger partial charge in [-0.2, -0.15) is 0 Å². The lowest BCUT2D eigenvalue weighted by Crippen LogP contribution is -2.45. The first kappa shape index (κ1) is 20.0. The number of hydrogen-bond acceptors (Lipinski definition) is 5. The van der Waals surface area contributed by atoms with Gasteiger partial charge in [0.25, 0.3) is 5.91 Å². The zero-order chi connectivity index (χ0) is 19.4. The lowest BCUT2D eigenvalue weighted by atomic mass is 10.2. The summed E-state index contributed by atoms with van der Waals surface area (Å²) >= 11 is 7.74. The molecule has 1 aliphatic rings. The Labute approximate surface area is 169 Å². The van der Waals surface area contributed by atoms with Gasteiger partial charge in [0.15, 0.2) is 0 Å². The van der Waals surface area contributed by atoms with Crippen LogP contribution in [0.5, 0.6) is 0 Å². The van der Waals surface area contributed by atoms with Crippen molar-refractivity contribution in [3.63, 3.8) is 0 Å². The average molecular weight is 406 g/mol. The maximum atomic E-state index is 12.4. The van der Waals surface area contributed by atoms with Crippen molar-refractivity contribution in [2.75, 3.05) is 24.2 Å². The van der Waals surface area contributed by atoms with Crippen LogP contribution < -0.4 is 10.2 Å². The molecule has 1 aromatic carbocycles. The summed E-state index contributed by atoms with van der Waals surface area (Å²) in [7, 11) is 0. The molecule has 1 aromatic heterocycles. The highest BCUT2D eigenvalue weighted by Crippen LogP contribution is 2.23. The Bertz CT molecular complexity index is 790. The second kappa shape index (κ2) is 8.95. The van der Waals surface area contributed by atoms with Crippen molar-refractivity contribution in [2.24, 2.45) is 0 Å². The first-order valence-electron chi connectivity index (χ1n) is 8.93. The third-order valence-corrected chi connectivity index (χ3v) is 5.48. The summed E-state index contributed by atoms with van der Waals surface area (Å²) in [5, 5.41) is 3.37. The summed E-state index contributed by atoms with van der Waals surface area (Å²) in [6, 6.07) is 9.45. The quantitative estimate of drug-likeness (QED) is 0.762. The second-order valence-electron chi connectivity index (χ2n) is 6.72. The molecule has 2 heterocycles. The number of carbonyl (C=O) groups excluding carboxylic acids is 1. The lowest BCUT2D eigenvalue weighted by Gasteiger charge is -2.36. The fourth-order valence-corrected chi connectivity index (χ4v) is 3.80. The maximum Gasteiger partial charge on any atom is 0.253 e. The smallest absolute Gasteiger partial charge is 0.253 e. The van der Waals surface area contributed by atoms with E-state index in [4.69, 9.17) is 16.3 Å². The molecule has 1 fully saturated rings. The highest BCUT2D eigenvalue weighted by atomic mass is 35.5. The Kier molecular flexibility index (Phi) is 6.63. The third-order valence-electron chi connectivity index (χ3n) is 4.42. The van der Waals surface area contributed by atoms with Crippen LogP contribution in [0.1, 0.15) is 29.8 Å². The highest BCUT2D eigenvalue weighted by molar-refractivity contribution is 7.98. The number of aromatic nitrogens is 1. The van der Waals surface area contributed by atoms with Gasteiger partial charge in [-0.05, 0) is 49.9 Å². The Hall–Kier alpha value is -1.76. The van der Waals surface area contributed by atoms with Gasteiger partial charge in [-0.15, -0.1) is 11.8 Å². The number of rotatable bonds is 5. The molecule has 0 bridgehead atoms. The van der Waals surface area contributed by atoms with Crippen molar-refractivity contribution in [2.45, 2.75) is 37.5 Å². The number of benzene rings is 1. The monoisotopic (exact) mass is 405 g/mol.